The fourth-order valence-electron chi connectivity index (χ4n) is 2.90. The summed E-state index contributed by atoms with van der Waals surface area (Å²) in [6.07, 6.45) is 11.5. The third kappa shape index (κ3) is 4.42. The Morgan fingerprint density at radius 1 is 0.875 bits per heavy atom. The molecule has 0 aromatic heterocycles. The fourth-order valence-corrected chi connectivity index (χ4v) is 2.90. The summed E-state index contributed by atoms with van der Waals surface area (Å²) in [6, 6.07) is 0. The first kappa shape index (κ1) is 12.4. The minimum Gasteiger partial charge on any atom is -0.317 e. The maximum absolute atomic E-state index is 3.61. The molecule has 0 radical (unpaired) electrons. The number of rotatable bonds is 7. The van der Waals surface area contributed by atoms with Gasteiger partial charge in [0.25, 0.3) is 0 Å². The number of nitrogens with one attached hydrogen (secondary N) is 2. The Labute approximate surface area is 101 Å². The Hall–Kier alpha value is -0.0800. The van der Waals surface area contributed by atoms with Gasteiger partial charge in [0.05, 0.1) is 0 Å². The largest absolute Gasteiger partial charge is 0.317 e. The van der Waals surface area contributed by atoms with Gasteiger partial charge in [0.1, 0.15) is 0 Å². The molecule has 1 aliphatic heterocycles. The summed E-state index contributed by atoms with van der Waals surface area (Å²) in [4.78, 5) is 0. The molecule has 1 saturated carbocycles. The lowest BCUT2D eigenvalue weighted by molar-refractivity contribution is 0.290. The summed E-state index contributed by atoms with van der Waals surface area (Å²) in [5.74, 6) is 2.08. The molecule has 94 valence electrons. The summed E-state index contributed by atoms with van der Waals surface area (Å²) in [6.45, 7) is 5.01. The third-order valence-corrected chi connectivity index (χ3v) is 4.38. The lowest BCUT2D eigenvalue weighted by Crippen LogP contribution is -2.28. The van der Waals surface area contributed by atoms with E-state index in [1.165, 1.54) is 77.5 Å². The van der Waals surface area contributed by atoms with E-state index < -0.39 is 0 Å². The van der Waals surface area contributed by atoms with Gasteiger partial charge in [-0.2, -0.15) is 0 Å². The Bertz CT molecular complexity index is 172. The van der Waals surface area contributed by atoms with E-state index in [0.717, 1.165) is 11.8 Å². The second-order valence-electron chi connectivity index (χ2n) is 5.67. The number of hydrogen-bond donors (Lipinski definition) is 2. The van der Waals surface area contributed by atoms with Gasteiger partial charge in [0.15, 0.2) is 0 Å². The molecule has 2 N–H and O–H groups in total. The van der Waals surface area contributed by atoms with E-state index >= 15 is 0 Å². The minimum absolute atomic E-state index is 1.01. The van der Waals surface area contributed by atoms with Crippen LogP contribution in [-0.4, -0.2) is 26.2 Å². The van der Waals surface area contributed by atoms with Gasteiger partial charge in [0.2, 0.25) is 0 Å². The van der Waals surface area contributed by atoms with Gasteiger partial charge in [0, 0.05) is 0 Å². The van der Waals surface area contributed by atoms with Crippen LogP contribution in [0.15, 0.2) is 0 Å². The molecule has 2 rings (SSSR count). The first-order valence-electron chi connectivity index (χ1n) is 7.36. The van der Waals surface area contributed by atoms with Gasteiger partial charge in [-0.25, -0.2) is 0 Å². The zero-order valence-electron chi connectivity index (χ0n) is 10.6. The van der Waals surface area contributed by atoms with E-state index in [2.05, 4.69) is 10.6 Å². The van der Waals surface area contributed by atoms with Crippen molar-refractivity contribution in [2.24, 2.45) is 11.8 Å². The fraction of sp³-hybridized carbons (Fsp3) is 1.00. The van der Waals surface area contributed by atoms with Crippen molar-refractivity contribution in [3.63, 3.8) is 0 Å². The molecule has 2 nitrogen and oxygen atoms in total. The molecule has 0 amide bonds. The van der Waals surface area contributed by atoms with Crippen LogP contribution in [0.1, 0.15) is 51.4 Å². The van der Waals surface area contributed by atoms with Crippen molar-refractivity contribution in [2.45, 2.75) is 51.4 Å². The van der Waals surface area contributed by atoms with Gasteiger partial charge in [-0.05, 0) is 70.1 Å². The van der Waals surface area contributed by atoms with E-state index in [1.54, 1.807) is 0 Å². The van der Waals surface area contributed by atoms with E-state index in [1.807, 2.05) is 0 Å². The van der Waals surface area contributed by atoms with Gasteiger partial charge in [-0.1, -0.05) is 19.3 Å². The molecule has 0 aromatic carbocycles. The van der Waals surface area contributed by atoms with Crippen molar-refractivity contribution in [3.05, 3.63) is 0 Å². The highest BCUT2D eigenvalue weighted by atomic mass is 14.9. The van der Waals surface area contributed by atoms with Crippen molar-refractivity contribution in [1.82, 2.24) is 10.6 Å². The van der Waals surface area contributed by atoms with Crippen LogP contribution in [0.5, 0.6) is 0 Å². The average Bonchev–Trinajstić information content (AvgIpc) is 2.27. The molecule has 0 spiro atoms. The van der Waals surface area contributed by atoms with Crippen molar-refractivity contribution >= 4 is 0 Å². The van der Waals surface area contributed by atoms with Crippen LogP contribution in [0.25, 0.3) is 0 Å². The Kier molecular flexibility index (Phi) is 5.64. The normalized spacial score (nSPS) is 23.2. The monoisotopic (exact) mass is 224 g/mol. The van der Waals surface area contributed by atoms with Crippen molar-refractivity contribution in [3.8, 4) is 0 Å². The van der Waals surface area contributed by atoms with Crippen molar-refractivity contribution in [1.29, 1.82) is 0 Å². The SMILES string of the molecule is C1CC(CCNCCCC2CCNCC2)C1. The van der Waals surface area contributed by atoms with Crippen LogP contribution in [0.4, 0.5) is 0 Å². The van der Waals surface area contributed by atoms with E-state index in [0.29, 0.717) is 0 Å². The lowest BCUT2D eigenvalue weighted by atomic mass is 9.83. The molecule has 0 aromatic rings. The molecular weight excluding hydrogens is 196 g/mol. The van der Waals surface area contributed by atoms with Crippen molar-refractivity contribution < 1.29 is 0 Å². The average molecular weight is 224 g/mol. The molecule has 16 heavy (non-hydrogen) atoms. The van der Waals surface area contributed by atoms with Crippen LogP contribution in [0, 0.1) is 11.8 Å². The third-order valence-electron chi connectivity index (χ3n) is 4.38. The molecule has 2 heteroatoms. The summed E-state index contributed by atoms with van der Waals surface area (Å²) in [7, 11) is 0. The summed E-state index contributed by atoms with van der Waals surface area (Å²) >= 11 is 0. The summed E-state index contributed by atoms with van der Waals surface area (Å²) in [5, 5.41) is 7.04. The predicted molar refractivity (Wildman–Crippen MR) is 69.7 cm³/mol. The highest BCUT2D eigenvalue weighted by molar-refractivity contribution is 4.71. The highest BCUT2D eigenvalue weighted by Crippen LogP contribution is 2.28. The Balaban J connectivity index is 1.36. The zero-order chi connectivity index (χ0) is 11.1. The van der Waals surface area contributed by atoms with Crippen LogP contribution >= 0.6 is 0 Å². The predicted octanol–water partition coefficient (Wildman–Crippen LogP) is 2.55. The Morgan fingerprint density at radius 3 is 2.31 bits per heavy atom. The Morgan fingerprint density at radius 2 is 1.62 bits per heavy atom. The van der Waals surface area contributed by atoms with Crippen LogP contribution in [-0.2, 0) is 0 Å². The smallest absolute Gasteiger partial charge is 0.00463 e. The zero-order valence-corrected chi connectivity index (χ0v) is 10.6. The minimum atomic E-state index is 1.01. The molecule has 0 bridgehead atoms. The molecule has 1 aliphatic carbocycles. The maximum Gasteiger partial charge on any atom is -0.00463 e. The molecule has 2 fully saturated rings. The maximum atomic E-state index is 3.61. The van der Waals surface area contributed by atoms with Crippen LogP contribution in [0.3, 0.4) is 0 Å². The first-order chi connectivity index (χ1) is 7.95. The van der Waals surface area contributed by atoms with Crippen LogP contribution in [0.2, 0.25) is 0 Å². The van der Waals surface area contributed by atoms with Gasteiger partial charge in [-0.3, -0.25) is 0 Å². The van der Waals surface area contributed by atoms with Crippen molar-refractivity contribution in [2.75, 3.05) is 26.2 Å². The second-order valence-corrected chi connectivity index (χ2v) is 5.67. The summed E-state index contributed by atoms with van der Waals surface area (Å²) < 4.78 is 0. The highest BCUT2D eigenvalue weighted by Gasteiger charge is 2.16. The first-order valence-corrected chi connectivity index (χ1v) is 7.36. The number of piperidine rings is 1. The molecule has 1 heterocycles. The lowest BCUT2D eigenvalue weighted by Gasteiger charge is -2.25. The van der Waals surface area contributed by atoms with Gasteiger partial charge in [-0.15, -0.1) is 0 Å². The summed E-state index contributed by atoms with van der Waals surface area (Å²) in [5.41, 5.74) is 0. The molecule has 0 atom stereocenters. The molecule has 1 saturated heterocycles. The second kappa shape index (κ2) is 7.29. The number of hydrogen-bond acceptors (Lipinski definition) is 2. The van der Waals surface area contributed by atoms with Gasteiger partial charge < -0.3 is 10.6 Å². The van der Waals surface area contributed by atoms with E-state index in [-0.39, 0.29) is 0 Å². The van der Waals surface area contributed by atoms with E-state index in [4.69, 9.17) is 0 Å². The molecular formula is C14H28N2. The van der Waals surface area contributed by atoms with E-state index in [9.17, 15) is 0 Å². The topological polar surface area (TPSA) is 24.1 Å². The quantitative estimate of drug-likeness (QED) is 0.649. The van der Waals surface area contributed by atoms with Crippen LogP contribution < -0.4 is 10.6 Å². The van der Waals surface area contributed by atoms with Gasteiger partial charge >= 0.3 is 0 Å². The molecule has 0 unspecified atom stereocenters. The standard InChI is InChI=1S/C14H28N2/c1-3-13(4-1)6-10-15-9-2-5-14-7-11-16-12-8-14/h13-16H,1-12H2. The molecule has 2 aliphatic rings.